The minimum atomic E-state index is -0.337. The zero-order chi connectivity index (χ0) is 9.84. The molecule has 66 valence electrons. The lowest BCUT2D eigenvalue weighted by atomic mass is 10.1. The zero-order valence-corrected chi connectivity index (χ0v) is 7.03. The van der Waals surface area contributed by atoms with Crippen LogP contribution in [0.3, 0.4) is 0 Å². The molecular formula is C9H8N2O2. The molecule has 0 saturated heterocycles. The molecule has 0 fully saturated rings. The summed E-state index contributed by atoms with van der Waals surface area (Å²) in [7, 11) is 1.48. The lowest BCUT2D eigenvalue weighted by molar-refractivity contribution is 0.0963. The number of phenols is 1. The normalized spacial score (nSPS) is 8.92. The van der Waals surface area contributed by atoms with Crippen LogP contribution in [0.1, 0.15) is 15.9 Å². The Balaban J connectivity index is 3.23. The summed E-state index contributed by atoms with van der Waals surface area (Å²) in [5.74, 6) is -0.360. The molecule has 0 aliphatic heterocycles. The van der Waals surface area contributed by atoms with Gasteiger partial charge in [-0.1, -0.05) is 0 Å². The Morgan fingerprint density at radius 1 is 1.62 bits per heavy atom. The molecule has 0 heterocycles. The molecule has 0 radical (unpaired) electrons. The number of nitrogens with zero attached hydrogens (tertiary/aromatic N) is 1. The summed E-state index contributed by atoms with van der Waals surface area (Å²) in [5, 5.41) is 20.1. The predicted octanol–water partition coefficient (Wildman–Crippen LogP) is 0.623. The summed E-state index contributed by atoms with van der Waals surface area (Å²) in [6.45, 7) is 0. The molecular weight excluding hydrogens is 168 g/mol. The van der Waals surface area contributed by atoms with Gasteiger partial charge in [0, 0.05) is 7.05 Å². The maximum atomic E-state index is 11.2. The van der Waals surface area contributed by atoms with Gasteiger partial charge in [-0.3, -0.25) is 4.79 Å². The quantitative estimate of drug-likeness (QED) is 0.658. The average Bonchev–Trinajstić information content (AvgIpc) is 2.16. The van der Waals surface area contributed by atoms with E-state index < -0.39 is 0 Å². The number of hydrogen-bond donors (Lipinski definition) is 2. The summed E-state index contributed by atoms with van der Waals surface area (Å²) >= 11 is 0. The molecule has 1 aromatic carbocycles. The van der Waals surface area contributed by atoms with Gasteiger partial charge >= 0.3 is 0 Å². The SMILES string of the molecule is CNC(=O)c1ccc(O)cc1C#N. The van der Waals surface area contributed by atoms with Crippen LogP contribution in [0.5, 0.6) is 5.75 Å². The third-order valence-electron chi connectivity index (χ3n) is 1.60. The largest absolute Gasteiger partial charge is 0.508 e. The first-order valence-electron chi connectivity index (χ1n) is 3.64. The first kappa shape index (κ1) is 9.07. The number of carbonyl (C=O) groups is 1. The fraction of sp³-hybridized carbons (Fsp3) is 0.111. The van der Waals surface area contributed by atoms with Crippen molar-refractivity contribution in [2.24, 2.45) is 0 Å². The molecule has 1 rings (SSSR count). The van der Waals surface area contributed by atoms with Crippen molar-refractivity contribution in [2.45, 2.75) is 0 Å². The van der Waals surface area contributed by atoms with Gasteiger partial charge in [0.05, 0.1) is 11.1 Å². The van der Waals surface area contributed by atoms with Crippen molar-refractivity contribution >= 4 is 5.91 Å². The summed E-state index contributed by atoms with van der Waals surface area (Å²) in [6, 6.07) is 5.86. The number of benzene rings is 1. The predicted molar refractivity (Wildman–Crippen MR) is 46.2 cm³/mol. The van der Waals surface area contributed by atoms with Crippen molar-refractivity contribution in [3.8, 4) is 11.8 Å². The van der Waals surface area contributed by atoms with E-state index in [0.717, 1.165) is 0 Å². The Labute approximate surface area is 75.4 Å². The highest BCUT2D eigenvalue weighted by atomic mass is 16.3. The maximum absolute atomic E-state index is 11.2. The average molecular weight is 176 g/mol. The maximum Gasteiger partial charge on any atom is 0.252 e. The van der Waals surface area contributed by atoms with E-state index in [1.54, 1.807) is 0 Å². The smallest absolute Gasteiger partial charge is 0.252 e. The third kappa shape index (κ3) is 1.76. The van der Waals surface area contributed by atoms with Crippen LogP contribution >= 0.6 is 0 Å². The molecule has 2 N–H and O–H groups in total. The number of nitriles is 1. The number of aromatic hydroxyl groups is 1. The van der Waals surface area contributed by atoms with Crippen LogP contribution in [0.25, 0.3) is 0 Å². The first-order chi connectivity index (χ1) is 6.19. The van der Waals surface area contributed by atoms with Gasteiger partial charge < -0.3 is 10.4 Å². The van der Waals surface area contributed by atoms with Crippen LogP contribution in [0.15, 0.2) is 18.2 Å². The number of rotatable bonds is 1. The summed E-state index contributed by atoms with van der Waals surface area (Å²) < 4.78 is 0. The van der Waals surface area contributed by atoms with Crippen LogP contribution < -0.4 is 5.32 Å². The van der Waals surface area contributed by atoms with Crippen LogP contribution in [0, 0.1) is 11.3 Å². The number of nitrogens with one attached hydrogen (secondary N) is 1. The molecule has 0 aliphatic rings. The van der Waals surface area contributed by atoms with Gasteiger partial charge in [-0.2, -0.15) is 5.26 Å². The minimum absolute atomic E-state index is 0.0239. The minimum Gasteiger partial charge on any atom is -0.508 e. The second kappa shape index (κ2) is 3.59. The van der Waals surface area contributed by atoms with Crippen molar-refractivity contribution in [1.29, 1.82) is 5.26 Å². The van der Waals surface area contributed by atoms with E-state index in [9.17, 15) is 4.79 Å². The summed E-state index contributed by atoms with van der Waals surface area (Å²) in [6.07, 6.45) is 0. The number of amides is 1. The number of phenolic OH excluding ortho intramolecular Hbond substituents is 1. The molecule has 0 saturated carbocycles. The van der Waals surface area contributed by atoms with E-state index in [4.69, 9.17) is 10.4 Å². The van der Waals surface area contributed by atoms with Gasteiger partial charge in [0.2, 0.25) is 0 Å². The molecule has 0 spiro atoms. The fourth-order valence-electron chi connectivity index (χ4n) is 0.957. The molecule has 4 heteroatoms. The highest BCUT2D eigenvalue weighted by Crippen LogP contribution is 2.15. The lowest BCUT2D eigenvalue weighted by Crippen LogP contribution is -2.18. The molecule has 0 unspecified atom stereocenters. The van der Waals surface area contributed by atoms with Gasteiger partial charge in [-0.05, 0) is 18.2 Å². The molecule has 13 heavy (non-hydrogen) atoms. The van der Waals surface area contributed by atoms with Crippen molar-refractivity contribution in [3.05, 3.63) is 29.3 Å². The van der Waals surface area contributed by atoms with Gasteiger partial charge in [0.1, 0.15) is 11.8 Å². The number of hydrogen-bond acceptors (Lipinski definition) is 3. The van der Waals surface area contributed by atoms with Crippen LogP contribution in [0.2, 0.25) is 0 Å². The second-order valence-electron chi connectivity index (χ2n) is 2.42. The molecule has 1 amide bonds. The molecule has 0 aromatic heterocycles. The van der Waals surface area contributed by atoms with Crippen LogP contribution in [-0.4, -0.2) is 18.1 Å². The Morgan fingerprint density at radius 3 is 2.85 bits per heavy atom. The monoisotopic (exact) mass is 176 g/mol. The van der Waals surface area contributed by atoms with E-state index in [1.165, 1.54) is 25.2 Å². The standard InChI is InChI=1S/C9H8N2O2/c1-11-9(13)8-3-2-7(12)4-6(8)5-10/h2-4,12H,1H3,(H,11,13). The van der Waals surface area contributed by atoms with E-state index in [1.807, 2.05) is 6.07 Å². The highest BCUT2D eigenvalue weighted by molar-refractivity contribution is 5.96. The van der Waals surface area contributed by atoms with Crippen molar-refractivity contribution in [3.63, 3.8) is 0 Å². The topological polar surface area (TPSA) is 73.1 Å². The Kier molecular flexibility index (Phi) is 2.50. The van der Waals surface area contributed by atoms with E-state index >= 15 is 0 Å². The fourth-order valence-corrected chi connectivity index (χ4v) is 0.957. The Bertz CT molecular complexity index is 380. The van der Waals surface area contributed by atoms with Crippen molar-refractivity contribution < 1.29 is 9.90 Å². The summed E-state index contributed by atoms with van der Waals surface area (Å²) in [4.78, 5) is 11.2. The van der Waals surface area contributed by atoms with Crippen LogP contribution in [0.4, 0.5) is 0 Å². The van der Waals surface area contributed by atoms with Gasteiger partial charge in [0.25, 0.3) is 5.91 Å². The summed E-state index contributed by atoms with van der Waals surface area (Å²) in [5.41, 5.74) is 0.433. The third-order valence-corrected chi connectivity index (χ3v) is 1.60. The van der Waals surface area contributed by atoms with Gasteiger partial charge in [-0.25, -0.2) is 0 Å². The highest BCUT2D eigenvalue weighted by Gasteiger charge is 2.09. The van der Waals surface area contributed by atoms with E-state index in [2.05, 4.69) is 5.32 Å². The van der Waals surface area contributed by atoms with Crippen molar-refractivity contribution in [2.75, 3.05) is 7.05 Å². The first-order valence-corrected chi connectivity index (χ1v) is 3.64. The lowest BCUT2D eigenvalue weighted by Gasteiger charge is -2.01. The molecule has 4 nitrogen and oxygen atoms in total. The molecule has 1 aromatic rings. The zero-order valence-electron chi connectivity index (χ0n) is 7.03. The number of carbonyl (C=O) groups excluding carboxylic acids is 1. The Morgan fingerprint density at radius 2 is 2.31 bits per heavy atom. The van der Waals surface area contributed by atoms with Crippen LogP contribution in [-0.2, 0) is 0 Å². The Hall–Kier alpha value is -2.02. The second-order valence-corrected chi connectivity index (χ2v) is 2.42. The van der Waals surface area contributed by atoms with Gasteiger partial charge in [0.15, 0.2) is 0 Å². The van der Waals surface area contributed by atoms with Crippen molar-refractivity contribution in [1.82, 2.24) is 5.32 Å². The van der Waals surface area contributed by atoms with E-state index in [-0.39, 0.29) is 22.8 Å². The molecule has 0 aliphatic carbocycles. The molecule has 0 bridgehead atoms. The van der Waals surface area contributed by atoms with E-state index in [0.29, 0.717) is 0 Å². The molecule has 0 atom stereocenters. The van der Waals surface area contributed by atoms with Gasteiger partial charge in [-0.15, -0.1) is 0 Å².